The van der Waals surface area contributed by atoms with E-state index in [-0.39, 0.29) is 38.2 Å². The van der Waals surface area contributed by atoms with Crippen LogP contribution in [-0.2, 0) is 33.3 Å². The zero-order chi connectivity index (χ0) is 56.9. The van der Waals surface area contributed by atoms with Crippen LogP contribution in [0, 0.1) is 0 Å². The van der Waals surface area contributed by atoms with Crippen LogP contribution in [0.5, 0.6) is 0 Å². The molecule has 9 heteroatoms. The van der Waals surface area contributed by atoms with Crippen molar-refractivity contribution in [2.75, 3.05) is 47.5 Å². The number of likely N-dealkylation sites (N-methyl/N-ethyl adjacent to an activating group) is 1. The Morgan fingerprint density at radius 1 is 0.397 bits per heavy atom. The van der Waals surface area contributed by atoms with Crippen molar-refractivity contribution in [2.24, 2.45) is 0 Å². The van der Waals surface area contributed by atoms with Crippen LogP contribution in [0.1, 0.15) is 290 Å². The first-order chi connectivity index (χ1) is 38.1. The maximum atomic E-state index is 12.9. The minimum atomic E-state index is -1.51. The van der Waals surface area contributed by atoms with Crippen LogP contribution >= 0.6 is 0 Å². The van der Waals surface area contributed by atoms with E-state index in [0.29, 0.717) is 17.4 Å². The first-order valence-corrected chi connectivity index (χ1v) is 32.6. The van der Waals surface area contributed by atoms with Gasteiger partial charge < -0.3 is 28.5 Å². The number of rotatable bonds is 60. The standard InChI is InChI=1S/C69H123NO8/c1-6-8-10-12-14-16-18-20-22-23-24-25-26-27-28-29-30-31-32-33-34-35-36-37-38-39-40-41-42-43-44-45-46-48-50-52-54-56-58-60-67(72)78-65(64-77-69(68(73)74)75-62-61-70(3,4)5)63-76-66(71)59-57-55-53-51-49-47-21-19-17-15-13-11-9-7-2/h8,10,14,16,20,22,24-25,27-28,30-31,65,69H,6-7,9,11-13,15,17-19,21,23,26,29,32-64H2,1-5H3/p+1/b10-8-,16-14-,22-20-,25-24-,28-27-,31-30-. The monoisotopic (exact) mass is 1090 g/mol. The molecule has 78 heavy (non-hydrogen) atoms. The van der Waals surface area contributed by atoms with Crippen LogP contribution in [0.25, 0.3) is 0 Å². The van der Waals surface area contributed by atoms with Gasteiger partial charge in [-0.1, -0.05) is 286 Å². The number of hydrogen-bond acceptors (Lipinski definition) is 7. The number of ether oxygens (including phenoxy) is 4. The Kier molecular flexibility index (Phi) is 57.3. The Labute approximate surface area is 481 Å². The molecule has 0 rings (SSSR count). The van der Waals surface area contributed by atoms with Gasteiger partial charge in [-0.05, 0) is 64.2 Å². The fraction of sp³-hybridized carbons (Fsp3) is 0.783. The van der Waals surface area contributed by atoms with Crippen molar-refractivity contribution in [3.8, 4) is 0 Å². The van der Waals surface area contributed by atoms with E-state index in [1.54, 1.807) is 0 Å². The fourth-order valence-corrected chi connectivity index (χ4v) is 9.26. The average molecular weight is 1100 g/mol. The fourth-order valence-electron chi connectivity index (χ4n) is 9.26. The number of allylic oxidation sites excluding steroid dienone is 12. The van der Waals surface area contributed by atoms with E-state index in [1.807, 2.05) is 21.1 Å². The third-order valence-corrected chi connectivity index (χ3v) is 14.2. The second-order valence-corrected chi connectivity index (χ2v) is 23.1. The number of carbonyl (C=O) groups excluding carboxylic acids is 2. The molecule has 0 bridgehead atoms. The second-order valence-electron chi connectivity index (χ2n) is 23.1. The summed E-state index contributed by atoms with van der Waals surface area (Å²) in [5.74, 6) is -1.99. The third kappa shape index (κ3) is 60.4. The van der Waals surface area contributed by atoms with Crippen molar-refractivity contribution in [1.29, 1.82) is 0 Å². The van der Waals surface area contributed by atoms with Gasteiger partial charge in [0.2, 0.25) is 0 Å². The van der Waals surface area contributed by atoms with Crippen molar-refractivity contribution in [2.45, 2.75) is 302 Å². The molecule has 0 aliphatic rings. The van der Waals surface area contributed by atoms with Gasteiger partial charge in [0.25, 0.3) is 6.29 Å². The molecule has 0 saturated carbocycles. The molecule has 0 aromatic rings. The summed E-state index contributed by atoms with van der Waals surface area (Å²) in [7, 11) is 5.98. The molecule has 0 aromatic carbocycles. The number of nitrogens with zero attached hydrogens (tertiary/aromatic N) is 1. The number of quaternary nitrogens is 1. The number of esters is 2. The number of unbranched alkanes of at least 4 members (excludes halogenated alkanes) is 33. The molecule has 0 fully saturated rings. The molecule has 0 saturated heterocycles. The Balaban J connectivity index is 3.99. The minimum absolute atomic E-state index is 0.178. The van der Waals surface area contributed by atoms with E-state index in [2.05, 4.69) is 86.8 Å². The van der Waals surface area contributed by atoms with E-state index in [9.17, 15) is 19.5 Å². The zero-order valence-electron chi connectivity index (χ0n) is 51.6. The predicted molar refractivity (Wildman–Crippen MR) is 332 cm³/mol. The molecule has 0 aliphatic heterocycles. The lowest BCUT2D eigenvalue weighted by Crippen LogP contribution is -2.40. The first kappa shape index (κ1) is 74.7. The summed E-state index contributed by atoms with van der Waals surface area (Å²) in [6.45, 7) is 4.79. The van der Waals surface area contributed by atoms with Crippen LogP contribution in [0.4, 0.5) is 0 Å². The highest BCUT2D eigenvalue weighted by Crippen LogP contribution is 2.18. The van der Waals surface area contributed by atoms with Gasteiger partial charge in [-0.2, -0.15) is 0 Å². The average Bonchev–Trinajstić information content (AvgIpc) is 3.41. The summed E-state index contributed by atoms with van der Waals surface area (Å²) in [5, 5.41) is 9.71. The molecule has 0 spiro atoms. The van der Waals surface area contributed by atoms with Crippen molar-refractivity contribution >= 4 is 17.9 Å². The number of aliphatic carboxylic acids is 1. The summed E-state index contributed by atoms with van der Waals surface area (Å²) in [5.41, 5.74) is 0. The van der Waals surface area contributed by atoms with E-state index in [4.69, 9.17) is 18.9 Å². The van der Waals surface area contributed by atoms with E-state index in [1.165, 1.54) is 186 Å². The van der Waals surface area contributed by atoms with Crippen molar-refractivity contribution in [3.05, 3.63) is 72.9 Å². The van der Waals surface area contributed by atoms with Gasteiger partial charge in [0.15, 0.2) is 6.10 Å². The van der Waals surface area contributed by atoms with E-state index >= 15 is 0 Å². The molecule has 1 N–H and O–H groups in total. The maximum Gasteiger partial charge on any atom is 0.361 e. The largest absolute Gasteiger partial charge is 0.477 e. The highest BCUT2D eigenvalue weighted by atomic mass is 16.7. The predicted octanol–water partition coefficient (Wildman–Crippen LogP) is 19.7. The van der Waals surface area contributed by atoms with Gasteiger partial charge in [0.1, 0.15) is 13.2 Å². The first-order valence-electron chi connectivity index (χ1n) is 32.6. The quantitative estimate of drug-likeness (QED) is 0.0211. The number of carbonyl (C=O) groups is 3. The van der Waals surface area contributed by atoms with Crippen LogP contribution in [0.15, 0.2) is 72.9 Å². The summed E-state index contributed by atoms with van der Waals surface area (Å²) in [6, 6.07) is 0. The van der Waals surface area contributed by atoms with Crippen LogP contribution < -0.4 is 0 Å². The van der Waals surface area contributed by atoms with Crippen LogP contribution in [-0.4, -0.2) is 87.4 Å². The van der Waals surface area contributed by atoms with Gasteiger partial charge in [0, 0.05) is 12.8 Å². The van der Waals surface area contributed by atoms with Gasteiger partial charge in [0.05, 0.1) is 34.4 Å². The lowest BCUT2D eigenvalue weighted by Gasteiger charge is -2.25. The summed E-state index contributed by atoms with van der Waals surface area (Å²) in [6.07, 6.45) is 75.8. The lowest BCUT2D eigenvalue weighted by molar-refractivity contribution is -0.870. The normalized spacial score (nSPS) is 13.2. The minimum Gasteiger partial charge on any atom is -0.477 e. The van der Waals surface area contributed by atoms with Crippen LogP contribution in [0.3, 0.4) is 0 Å². The summed E-state index contributed by atoms with van der Waals surface area (Å²) < 4.78 is 22.9. The second kappa shape index (κ2) is 59.8. The highest BCUT2D eigenvalue weighted by Gasteiger charge is 2.25. The van der Waals surface area contributed by atoms with E-state index < -0.39 is 18.4 Å². The maximum absolute atomic E-state index is 12.9. The summed E-state index contributed by atoms with van der Waals surface area (Å²) >= 11 is 0. The Morgan fingerprint density at radius 2 is 0.731 bits per heavy atom. The molecule has 0 aliphatic carbocycles. The molecule has 452 valence electrons. The number of carboxylic acid groups (broad SMARTS) is 1. The van der Waals surface area contributed by atoms with Crippen LogP contribution in [0.2, 0.25) is 0 Å². The summed E-state index contributed by atoms with van der Waals surface area (Å²) in [4.78, 5) is 37.4. The highest BCUT2D eigenvalue weighted by molar-refractivity contribution is 5.71. The molecular weight excluding hydrogens is 971 g/mol. The lowest BCUT2D eigenvalue weighted by atomic mass is 10.0. The molecule has 2 atom stereocenters. The topological polar surface area (TPSA) is 108 Å². The molecule has 2 unspecified atom stereocenters. The van der Waals surface area contributed by atoms with E-state index in [0.717, 1.165) is 77.0 Å². The van der Waals surface area contributed by atoms with Gasteiger partial charge >= 0.3 is 17.9 Å². The molecule has 0 heterocycles. The van der Waals surface area contributed by atoms with Crippen molar-refractivity contribution < 1.29 is 42.9 Å². The Bertz CT molecular complexity index is 1510. The van der Waals surface area contributed by atoms with Crippen molar-refractivity contribution in [3.63, 3.8) is 0 Å². The van der Waals surface area contributed by atoms with Gasteiger partial charge in [-0.25, -0.2) is 4.79 Å². The number of carboxylic acids is 1. The van der Waals surface area contributed by atoms with Gasteiger partial charge in [-0.3, -0.25) is 9.59 Å². The third-order valence-electron chi connectivity index (χ3n) is 14.2. The zero-order valence-corrected chi connectivity index (χ0v) is 51.6. The molecule has 9 nitrogen and oxygen atoms in total. The van der Waals surface area contributed by atoms with Gasteiger partial charge in [-0.15, -0.1) is 0 Å². The molecule has 0 radical (unpaired) electrons. The molecular formula is C69H124NO8+. The molecule has 0 amide bonds. The Morgan fingerprint density at radius 3 is 1.09 bits per heavy atom. The Hall–Kier alpha value is -3.27. The SMILES string of the molecule is CC/C=C\C/C=C\C/C=C\C/C=C\C/C=C\C/C=C\CCCCCCCCCCCCCCCCCCCCCCC(=O)OC(COC(=O)CCCCCCCCCCCCCCCC)COC(OCC[N+](C)(C)C)C(=O)O. The molecule has 0 aromatic heterocycles. The van der Waals surface area contributed by atoms with Crippen molar-refractivity contribution in [1.82, 2.24) is 0 Å². The smallest absolute Gasteiger partial charge is 0.361 e. The number of hydrogen-bond donors (Lipinski definition) is 1.